The summed E-state index contributed by atoms with van der Waals surface area (Å²) in [6.45, 7) is 2.51. The largest absolute Gasteiger partial charge is 0.508 e. The molecule has 0 saturated carbocycles. The van der Waals surface area contributed by atoms with Crippen LogP contribution in [0.1, 0.15) is 60.8 Å². The summed E-state index contributed by atoms with van der Waals surface area (Å²) in [5.41, 5.74) is 5.82. The first-order chi connectivity index (χ1) is 11.7. The van der Waals surface area contributed by atoms with Crippen LogP contribution in [0, 0.1) is 0 Å². The van der Waals surface area contributed by atoms with Crippen LogP contribution in [0.15, 0.2) is 36.4 Å². The number of rotatable bonds is 6. The number of carbonyl (C=O) groups is 4. The van der Waals surface area contributed by atoms with Gasteiger partial charge in [-0.15, -0.1) is 0 Å². The van der Waals surface area contributed by atoms with Crippen molar-refractivity contribution in [2.45, 2.75) is 20.3 Å². The highest BCUT2D eigenvalue weighted by Gasteiger charge is 2.22. The first-order valence-corrected chi connectivity index (χ1v) is 7.51. The van der Waals surface area contributed by atoms with Gasteiger partial charge >= 0.3 is 0 Å². The van der Waals surface area contributed by atoms with Crippen LogP contribution in [0.3, 0.4) is 0 Å². The summed E-state index contributed by atoms with van der Waals surface area (Å²) in [6.07, 6.45) is -0.0675. The molecule has 6 heteroatoms. The zero-order valence-corrected chi connectivity index (χ0v) is 13.8. The summed E-state index contributed by atoms with van der Waals surface area (Å²) in [6, 6.07) is 8.61. The molecular formula is C19H17NO5. The molecule has 25 heavy (non-hydrogen) atoms. The third-order valence-electron chi connectivity index (χ3n) is 3.76. The molecule has 0 spiro atoms. The molecule has 2 aromatic carbocycles. The van der Waals surface area contributed by atoms with Crippen molar-refractivity contribution in [3.63, 3.8) is 0 Å². The zero-order valence-electron chi connectivity index (χ0n) is 13.8. The molecule has 0 atom stereocenters. The number of hydrogen-bond acceptors (Lipinski definition) is 5. The molecule has 0 aliphatic rings. The summed E-state index contributed by atoms with van der Waals surface area (Å²) in [5, 5.41) is 9.49. The molecule has 0 radical (unpaired) electrons. The van der Waals surface area contributed by atoms with Crippen LogP contribution in [0.5, 0.6) is 5.75 Å². The number of phenolic OH excluding ortho intramolecular Hbond substituents is 1. The minimum Gasteiger partial charge on any atom is -0.508 e. The van der Waals surface area contributed by atoms with Crippen molar-refractivity contribution < 1.29 is 24.3 Å². The summed E-state index contributed by atoms with van der Waals surface area (Å²) < 4.78 is 0. The normalized spacial score (nSPS) is 10.3. The number of ketones is 3. The van der Waals surface area contributed by atoms with Gasteiger partial charge in [0.15, 0.2) is 17.3 Å². The van der Waals surface area contributed by atoms with Gasteiger partial charge in [0.2, 0.25) is 5.91 Å². The van der Waals surface area contributed by atoms with Crippen LogP contribution in [-0.4, -0.2) is 28.4 Å². The first kappa shape index (κ1) is 18.1. The molecule has 128 valence electrons. The fourth-order valence-corrected chi connectivity index (χ4v) is 2.56. The van der Waals surface area contributed by atoms with Gasteiger partial charge in [0.1, 0.15) is 5.75 Å². The van der Waals surface area contributed by atoms with E-state index in [2.05, 4.69) is 0 Å². The number of hydrogen-bond donors (Lipinski definition) is 2. The fourth-order valence-electron chi connectivity index (χ4n) is 2.56. The van der Waals surface area contributed by atoms with E-state index in [1.54, 1.807) is 12.1 Å². The number of amides is 1. The molecule has 0 saturated heterocycles. The minimum atomic E-state index is -0.848. The number of nitrogens with two attached hydrogens (primary N) is 1. The van der Waals surface area contributed by atoms with Gasteiger partial charge in [-0.05, 0) is 43.7 Å². The smallest absolute Gasteiger partial charge is 0.249 e. The number of Topliss-reactive ketones (excluding diaryl/α,β-unsaturated/α-hetero) is 3. The molecule has 0 heterocycles. The molecule has 0 bridgehead atoms. The molecule has 0 aliphatic carbocycles. The maximum atomic E-state index is 12.6. The highest BCUT2D eigenvalue weighted by atomic mass is 16.3. The second-order valence-electron chi connectivity index (χ2n) is 5.69. The van der Waals surface area contributed by atoms with E-state index in [0.717, 1.165) is 0 Å². The lowest BCUT2D eigenvalue weighted by atomic mass is 9.90. The molecule has 0 aromatic heterocycles. The lowest BCUT2D eigenvalue weighted by molar-refractivity contribution is 0.0960. The van der Waals surface area contributed by atoms with Crippen molar-refractivity contribution in [1.82, 2.24) is 0 Å². The average Bonchev–Trinajstić information content (AvgIpc) is 2.53. The third kappa shape index (κ3) is 3.98. The monoisotopic (exact) mass is 339 g/mol. The molecule has 2 aromatic rings. The molecule has 3 N–H and O–H groups in total. The Morgan fingerprint density at radius 1 is 0.880 bits per heavy atom. The van der Waals surface area contributed by atoms with Gasteiger partial charge in [-0.3, -0.25) is 19.2 Å². The number of benzene rings is 2. The van der Waals surface area contributed by atoms with E-state index in [1.807, 2.05) is 0 Å². The standard InChI is InChI=1S/C19H17NO5/c1-10(21)14-9-17(19(20)25)15(11(2)22)8-16(14)18(24)7-12-4-3-5-13(23)6-12/h3-6,8-9,23H,7H2,1-2H3,(H2,20,25). The predicted octanol–water partition coefficient (Wildman–Crippen LogP) is 2.32. The molecule has 0 fully saturated rings. The van der Waals surface area contributed by atoms with E-state index in [9.17, 15) is 24.3 Å². The number of carbonyl (C=O) groups excluding carboxylic acids is 4. The van der Waals surface area contributed by atoms with Crippen LogP contribution in [0.2, 0.25) is 0 Å². The van der Waals surface area contributed by atoms with Crippen molar-refractivity contribution in [3.05, 3.63) is 64.2 Å². The van der Waals surface area contributed by atoms with Gasteiger partial charge in [0, 0.05) is 23.1 Å². The van der Waals surface area contributed by atoms with E-state index >= 15 is 0 Å². The molecule has 0 unspecified atom stereocenters. The van der Waals surface area contributed by atoms with Crippen molar-refractivity contribution in [2.75, 3.05) is 0 Å². The van der Waals surface area contributed by atoms with E-state index < -0.39 is 23.3 Å². The Morgan fingerprint density at radius 3 is 1.96 bits per heavy atom. The Hall–Kier alpha value is -3.28. The first-order valence-electron chi connectivity index (χ1n) is 7.51. The van der Waals surface area contributed by atoms with Crippen molar-refractivity contribution >= 4 is 23.3 Å². The molecule has 1 amide bonds. The molecule has 0 aliphatic heterocycles. The van der Waals surface area contributed by atoms with Gasteiger partial charge in [-0.2, -0.15) is 0 Å². The molecule has 6 nitrogen and oxygen atoms in total. The summed E-state index contributed by atoms with van der Waals surface area (Å²) in [4.78, 5) is 47.9. The maximum Gasteiger partial charge on any atom is 0.249 e. The number of aromatic hydroxyl groups is 1. The highest BCUT2D eigenvalue weighted by molar-refractivity contribution is 6.14. The van der Waals surface area contributed by atoms with Gasteiger partial charge in [-0.25, -0.2) is 0 Å². The maximum absolute atomic E-state index is 12.6. The second kappa shape index (κ2) is 7.09. The Kier molecular flexibility index (Phi) is 5.12. The van der Waals surface area contributed by atoms with Crippen LogP contribution >= 0.6 is 0 Å². The molecular weight excluding hydrogens is 322 g/mol. The van der Waals surface area contributed by atoms with Crippen LogP contribution in [0.4, 0.5) is 0 Å². The Balaban J connectivity index is 2.56. The second-order valence-corrected chi connectivity index (χ2v) is 5.69. The number of phenols is 1. The van der Waals surface area contributed by atoms with Gasteiger partial charge in [-0.1, -0.05) is 12.1 Å². The third-order valence-corrected chi connectivity index (χ3v) is 3.76. The van der Waals surface area contributed by atoms with Crippen LogP contribution < -0.4 is 5.73 Å². The van der Waals surface area contributed by atoms with E-state index in [4.69, 9.17) is 5.73 Å². The van der Waals surface area contributed by atoms with Gasteiger partial charge in [0.05, 0.1) is 5.56 Å². The zero-order chi connectivity index (χ0) is 18.7. The van der Waals surface area contributed by atoms with E-state index in [1.165, 1.54) is 38.1 Å². The lowest BCUT2D eigenvalue weighted by Crippen LogP contribution is -2.19. The highest BCUT2D eigenvalue weighted by Crippen LogP contribution is 2.21. The van der Waals surface area contributed by atoms with Crippen molar-refractivity contribution in [1.29, 1.82) is 0 Å². The van der Waals surface area contributed by atoms with Gasteiger partial charge < -0.3 is 10.8 Å². The molecule has 2 rings (SSSR count). The lowest BCUT2D eigenvalue weighted by Gasteiger charge is -2.12. The summed E-state index contributed by atoms with van der Waals surface area (Å²) in [7, 11) is 0. The Morgan fingerprint density at radius 2 is 1.44 bits per heavy atom. The van der Waals surface area contributed by atoms with Crippen molar-refractivity contribution in [3.8, 4) is 5.75 Å². The summed E-state index contributed by atoms with van der Waals surface area (Å²) >= 11 is 0. The van der Waals surface area contributed by atoms with Crippen LogP contribution in [-0.2, 0) is 6.42 Å². The topological polar surface area (TPSA) is 115 Å². The average molecular weight is 339 g/mol. The Bertz CT molecular complexity index is 899. The van der Waals surface area contributed by atoms with Gasteiger partial charge in [0.25, 0.3) is 0 Å². The quantitative estimate of drug-likeness (QED) is 0.784. The fraction of sp³-hybridized carbons (Fsp3) is 0.158. The minimum absolute atomic E-state index is 0.00300. The summed E-state index contributed by atoms with van der Waals surface area (Å²) in [5.74, 6) is -2.09. The van der Waals surface area contributed by atoms with Crippen LogP contribution in [0.25, 0.3) is 0 Å². The SMILES string of the molecule is CC(=O)c1cc(C(=O)Cc2cccc(O)c2)c(C(C)=O)cc1C(N)=O. The van der Waals surface area contributed by atoms with E-state index in [-0.39, 0.29) is 34.4 Å². The van der Waals surface area contributed by atoms with E-state index in [0.29, 0.717) is 5.56 Å². The number of primary amides is 1. The predicted molar refractivity (Wildman–Crippen MR) is 91.1 cm³/mol. The Labute approximate surface area is 144 Å². The van der Waals surface area contributed by atoms with Crippen molar-refractivity contribution in [2.24, 2.45) is 5.73 Å².